The number of aromatic nitrogens is 4. The van der Waals surface area contributed by atoms with Crippen LogP contribution in [0.3, 0.4) is 0 Å². The quantitative estimate of drug-likeness (QED) is 0.345. The third-order valence-electron chi connectivity index (χ3n) is 5.92. The van der Waals surface area contributed by atoms with Crippen molar-refractivity contribution in [2.75, 3.05) is 0 Å². The fourth-order valence-electron chi connectivity index (χ4n) is 4.44. The molecule has 0 aliphatic rings. The Balaban J connectivity index is 1.62. The first-order chi connectivity index (χ1) is 15.8. The van der Waals surface area contributed by atoms with E-state index in [1.165, 1.54) is 12.1 Å². The molecule has 3 aromatic heterocycles. The Morgan fingerprint density at radius 2 is 1.59 bits per heavy atom. The molecule has 0 bridgehead atoms. The summed E-state index contributed by atoms with van der Waals surface area (Å²) in [5, 5.41) is 1.13. The Hall–Kier alpha value is -4.25. The Bertz CT molecular complexity index is 1520. The van der Waals surface area contributed by atoms with Gasteiger partial charge in [-0.25, -0.2) is 14.4 Å². The number of nitrogens with zero attached hydrogens (tertiary/aromatic N) is 4. The molecule has 32 heavy (non-hydrogen) atoms. The van der Waals surface area contributed by atoms with Crippen LogP contribution in [0.1, 0.15) is 17.2 Å². The van der Waals surface area contributed by atoms with Crippen LogP contribution in [-0.2, 0) is 0 Å². The first-order valence-corrected chi connectivity index (χ1v) is 10.5. The van der Waals surface area contributed by atoms with Gasteiger partial charge in [-0.3, -0.25) is 4.40 Å². The zero-order valence-electron chi connectivity index (χ0n) is 17.1. The van der Waals surface area contributed by atoms with Crippen molar-refractivity contribution in [3.8, 4) is 11.1 Å². The lowest BCUT2D eigenvalue weighted by Gasteiger charge is -2.21. The minimum atomic E-state index is -0.245. The molecule has 0 radical (unpaired) electrons. The molecule has 0 amide bonds. The highest BCUT2D eigenvalue weighted by molar-refractivity contribution is 5.97. The zero-order valence-corrected chi connectivity index (χ0v) is 17.1. The van der Waals surface area contributed by atoms with Crippen LogP contribution in [0.4, 0.5) is 4.39 Å². The van der Waals surface area contributed by atoms with Gasteiger partial charge >= 0.3 is 0 Å². The van der Waals surface area contributed by atoms with Gasteiger partial charge < -0.3 is 4.57 Å². The van der Waals surface area contributed by atoms with E-state index in [1.807, 2.05) is 53.5 Å². The SMILES string of the molecule is Fc1ccc(C(c2ccc3c(c2)c(-c2ccccc2)cc2nccn23)n2ccnc2)cc1. The summed E-state index contributed by atoms with van der Waals surface area (Å²) in [6.07, 6.45) is 9.32. The highest BCUT2D eigenvalue weighted by Gasteiger charge is 2.18. The van der Waals surface area contributed by atoms with Gasteiger partial charge in [0.1, 0.15) is 11.5 Å². The van der Waals surface area contributed by atoms with Crippen LogP contribution < -0.4 is 0 Å². The second-order valence-corrected chi connectivity index (χ2v) is 7.82. The van der Waals surface area contributed by atoms with Gasteiger partial charge in [0.05, 0.1) is 17.9 Å². The topological polar surface area (TPSA) is 35.1 Å². The van der Waals surface area contributed by atoms with E-state index >= 15 is 0 Å². The number of pyridine rings is 1. The summed E-state index contributed by atoms with van der Waals surface area (Å²) in [7, 11) is 0. The molecule has 0 spiro atoms. The molecule has 0 aliphatic heterocycles. The van der Waals surface area contributed by atoms with Gasteiger partial charge in [0.25, 0.3) is 0 Å². The highest BCUT2D eigenvalue weighted by Crippen LogP contribution is 2.34. The Labute approximate surface area is 184 Å². The monoisotopic (exact) mass is 418 g/mol. The summed E-state index contributed by atoms with van der Waals surface area (Å²) in [4.78, 5) is 8.77. The lowest BCUT2D eigenvalue weighted by molar-refractivity contribution is 0.622. The fourth-order valence-corrected chi connectivity index (χ4v) is 4.44. The molecule has 0 N–H and O–H groups in total. The van der Waals surface area contributed by atoms with E-state index < -0.39 is 0 Å². The number of fused-ring (bicyclic) bond motifs is 3. The number of halogens is 1. The molecule has 6 aromatic rings. The van der Waals surface area contributed by atoms with Gasteiger partial charge in [-0.1, -0.05) is 48.5 Å². The van der Waals surface area contributed by atoms with E-state index in [-0.39, 0.29) is 11.9 Å². The van der Waals surface area contributed by atoms with E-state index in [9.17, 15) is 4.39 Å². The third kappa shape index (κ3) is 3.06. The van der Waals surface area contributed by atoms with Gasteiger partial charge in [-0.15, -0.1) is 0 Å². The summed E-state index contributed by atoms with van der Waals surface area (Å²) in [5.74, 6) is -0.245. The molecule has 4 nitrogen and oxygen atoms in total. The number of rotatable bonds is 4. The summed E-state index contributed by atoms with van der Waals surface area (Å²) >= 11 is 0. The molecule has 5 heteroatoms. The second kappa shape index (κ2) is 7.46. The fraction of sp³-hybridized carbons (Fsp3) is 0.0370. The van der Waals surface area contributed by atoms with E-state index in [2.05, 4.69) is 50.8 Å². The largest absolute Gasteiger partial charge is 0.326 e. The van der Waals surface area contributed by atoms with Gasteiger partial charge in [-0.05, 0) is 52.6 Å². The predicted molar refractivity (Wildman–Crippen MR) is 124 cm³/mol. The highest BCUT2D eigenvalue weighted by atomic mass is 19.1. The van der Waals surface area contributed by atoms with Crippen molar-refractivity contribution in [3.63, 3.8) is 0 Å². The number of imidazole rings is 2. The smallest absolute Gasteiger partial charge is 0.137 e. The normalized spacial score (nSPS) is 12.4. The lowest BCUT2D eigenvalue weighted by Crippen LogP contribution is -2.11. The van der Waals surface area contributed by atoms with Crippen LogP contribution in [0, 0.1) is 5.82 Å². The van der Waals surface area contributed by atoms with Crippen molar-refractivity contribution in [1.29, 1.82) is 0 Å². The van der Waals surface area contributed by atoms with E-state index in [0.717, 1.165) is 38.8 Å². The van der Waals surface area contributed by atoms with Gasteiger partial charge in [0, 0.05) is 30.2 Å². The standard InChI is InChI=1S/C27H19FN4/c28-22-9-6-20(7-10-22)27(31-14-12-29-18-31)21-8-11-25-24(16-21)23(19-4-2-1-3-5-19)17-26-30-13-15-32(25)26/h1-18,27H. The summed E-state index contributed by atoms with van der Waals surface area (Å²) in [5.41, 5.74) is 6.36. The van der Waals surface area contributed by atoms with E-state index in [1.54, 1.807) is 12.5 Å². The summed E-state index contributed by atoms with van der Waals surface area (Å²) in [6, 6.07) is 25.5. The molecule has 3 heterocycles. The maximum atomic E-state index is 13.6. The van der Waals surface area contributed by atoms with Crippen molar-refractivity contribution in [1.82, 2.24) is 18.9 Å². The maximum Gasteiger partial charge on any atom is 0.137 e. The van der Waals surface area contributed by atoms with Crippen molar-refractivity contribution < 1.29 is 4.39 Å². The van der Waals surface area contributed by atoms with E-state index in [0.29, 0.717) is 0 Å². The molecular weight excluding hydrogens is 399 g/mol. The minimum absolute atomic E-state index is 0.121. The average Bonchev–Trinajstić information content (AvgIpc) is 3.53. The molecule has 6 rings (SSSR count). The molecule has 0 aliphatic carbocycles. The molecule has 1 atom stereocenters. The average molecular weight is 418 g/mol. The first kappa shape index (κ1) is 18.5. The molecular formula is C27H19FN4. The molecule has 0 fully saturated rings. The van der Waals surface area contributed by atoms with Crippen LogP contribution in [0.5, 0.6) is 0 Å². The van der Waals surface area contributed by atoms with E-state index in [4.69, 9.17) is 0 Å². The number of hydrogen-bond acceptors (Lipinski definition) is 2. The zero-order chi connectivity index (χ0) is 21.5. The minimum Gasteiger partial charge on any atom is -0.326 e. The third-order valence-corrected chi connectivity index (χ3v) is 5.92. The lowest BCUT2D eigenvalue weighted by atomic mass is 9.94. The molecule has 154 valence electrons. The number of hydrogen-bond donors (Lipinski definition) is 0. The van der Waals surface area contributed by atoms with Crippen LogP contribution in [0.2, 0.25) is 0 Å². The Morgan fingerprint density at radius 3 is 2.38 bits per heavy atom. The van der Waals surface area contributed by atoms with Crippen molar-refractivity contribution in [2.45, 2.75) is 6.04 Å². The van der Waals surface area contributed by atoms with Crippen LogP contribution in [0.15, 0.2) is 110 Å². The van der Waals surface area contributed by atoms with Crippen LogP contribution in [-0.4, -0.2) is 18.9 Å². The number of benzene rings is 3. The molecule has 1 unspecified atom stereocenters. The van der Waals surface area contributed by atoms with Crippen LogP contribution >= 0.6 is 0 Å². The Kier molecular flexibility index (Phi) is 4.32. The summed E-state index contributed by atoms with van der Waals surface area (Å²) in [6.45, 7) is 0. The molecule has 0 saturated heterocycles. The van der Waals surface area contributed by atoms with Crippen molar-refractivity contribution in [2.24, 2.45) is 0 Å². The van der Waals surface area contributed by atoms with Crippen molar-refractivity contribution >= 4 is 16.6 Å². The Morgan fingerprint density at radius 1 is 0.781 bits per heavy atom. The molecule has 3 aromatic carbocycles. The van der Waals surface area contributed by atoms with Crippen LogP contribution in [0.25, 0.3) is 27.7 Å². The summed E-state index contributed by atoms with van der Waals surface area (Å²) < 4.78 is 17.8. The maximum absolute atomic E-state index is 13.6. The van der Waals surface area contributed by atoms with Crippen molar-refractivity contribution in [3.05, 3.63) is 127 Å². The van der Waals surface area contributed by atoms with Gasteiger partial charge in [0.2, 0.25) is 0 Å². The predicted octanol–water partition coefficient (Wildman–Crippen LogP) is 6.13. The van der Waals surface area contributed by atoms with Gasteiger partial charge in [0.15, 0.2) is 0 Å². The first-order valence-electron chi connectivity index (χ1n) is 10.5. The molecule has 0 saturated carbocycles. The second-order valence-electron chi connectivity index (χ2n) is 7.82. The van der Waals surface area contributed by atoms with Gasteiger partial charge in [-0.2, -0.15) is 0 Å².